The summed E-state index contributed by atoms with van der Waals surface area (Å²) in [6, 6.07) is 44.3. The molecule has 0 atom stereocenters. The Morgan fingerprint density at radius 3 is 0.784 bits per heavy atom. The maximum Gasteiger partial charge on any atom is 0 e. The van der Waals surface area contributed by atoms with Crippen LogP contribution >= 0.6 is 15.8 Å². The summed E-state index contributed by atoms with van der Waals surface area (Å²) in [6.07, 6.45) is 3.72. The fourth-order valence-corrected chi connectivity index (χ4v) is 8.59. The van der Waals surface area contributed by atoms with Crippen LogP contribution in [0.3, 0.4) is 0 Å². The molecule has 10 heteroatoms. The van der Waals surface area contributed by atoms with Crippen molar-refractivity contribution in [3.05, 3.63) is 121 Å². The molecule has 0 aliphatic rings. The van der Waals surface area contributed by atoms with E-state index in [-0.39, 0.29) is 35.3 Å². The molecule has 0 unspecified atom stereocenters. The van der Waals surface area contributed by atoms with E-state index in [2.05, 4.69) is 121 Å². The third-order valence-electron chi connectivity index (χ3n) is 5.03. The van der Waals surface area contributed by atoms with Crippen molar-refractivity contribution in [2.45, 2.75) is 6.42 Å². The molecular formula is C27H26F6P2RhSb-. The normalized spacial score (nSPS) is 13.1. The monoisotopic (exact) mass is 750 g/mol. The molecule has 0 nitrogen and oxygen atoms in total. The van der Waals surface area contributed by atoms with Crippen LogP contribution in [-0.2, 0) is 19.5 Å². The Morgan fingerprint density at radius 2 is 0.595 bits per heavy atom. The first kappa shape index (κ1) is 32.0. The van der Waals surface area contributed by atoms with E-state index in [1.165, 1.54) is 40.0 Å². The number of rotatable bonds is 8. The van der Waals surface area contributed by atoms with Crippen LogP contribution in [0, 0.1) is 0 Å². The van der Waals surface area contributed by atoms with E-state index in [4.69, 9.17) is 0 Å². The van der Waals surface area contributed by atoms with Crippen LogP contribution in [0.2, 0.25) is 0 Å². The van der Waals surface area contributed by atoms with Gasteiger partial charge in [-0.15, -0.1) is 0 Å². The fourth-order valence-electron chi connectivity index (χ4n) is 3.63. The van der Waals surface area contributed by atoms with Gasteiger partial charge >= 0.3 is 36.4 Å². The van der Waals surface area contributed by atoms with Crippen LogP contribution in [0.25, 0.3) is 0 Å². The van der Waals surface area contributed by atoms with Crippen molar-refractivity contribution in [2.24, 2.45) is 0 Å². The zero-order valence-electron chi connectivity index (χ0n) is 19.6. The number of halogens is 6. The van der Waals surface area contributed by atoms with Gasteiger partial charge in [0, 0.05) is 19.5 Å². The standard InChI is InChI=1S/C27H26P2.6FH.Rh.Sb/c1-5-14-24(15-6-1)28(25-16-7-2-8-17-25)22-13-23-29(26-18-9-3-10-19-26)27-20-11-4-12-21-27;;;;;;;;/h1-12,14-21H,13,22-23H2;6*1H;;/q;;;;;;;;+5/p-6. The van der Waals surface area contributed by atoms with Crippen LogP contribution in [0.5, 0.6) is 0 Å². The van der Waals surface area contributed by atoms with Gasteiger partial charge in [0.1, 0.15) is 0 Å². The molecule has 0 saturated heterocycles. The van der Waals surface area contributed by atoms with Gasteiger partial charge in [0.15, 0.2) is 0 Å². The van der Waals surface area contributed by atoms with Gasteiger partial charge in [-0.05, 0) is 55.8 Å². The maximum atomic E-state index is 9.93. The molecule has 0 bridgehead atoms. The smallest absolute Gasteiger partial charge is 0 e. The second kappa shape index (κ2) is 13.2. The molecule has 4 aromatic rings. The Balaban J connectivity index is 0.000000532. The Kier molecular flexibility index (Phi) is 11.4. The number of hydrogen-bond donors (Lipinski definition) is 0. The molecule has 37 heavy (non-hydrogen) atoms. The summed E-state index contributed by atoms with van der Waals surface area (Å²) in [5.74, 6) is 0. The van der Waals surface area contributed by atoms with Crippen LogP contribution < -0.4 is 21.2 Å². The molecular weight excluding hydrogens is 725 g/mol. The number of hydrogen-bond acceptors (Lipinski definition) is 0. The van der Waals surface area contributed by atoms with Gasteiger partial charge in [0.25, 0.3) is 0 Å². The summed E-state index contributed by atoms with van der Waals surface area (Å²) in [5, 5.41) is 5.94. The predicted octanol–water partition coefficient (Wildman–Crippen LogP) is 7.78. The summed E-state index contributed by atoms with van der Waals surface area (Å²) in [6.45, 7) is 0. The van der Waals surface area contributed by atoms with Crippen molar-refractivity contribution < 1.29 is 36.4 Å². The minimum atomic E-state index is -11.2. The average molecular weight is 751 g/mol. The molecule has 0 N–H and O–H groups in total. The Bertz CT molecular complexity index is 1020. The molecule has 0 spiro atoms. The van der Waals surface area contributed by atoms with Crippen molar-refractivity contribution in [3.8, 4) is 0 Å². The van der Waals surface area contributed by atoms with E-state index in [1.54, 1.807) is 0 Å². The van der Waals surface area contributed by atoms with Gasteiger partial charge in [0.05, 0.1) is 0 Å². The fraction of sp³-hybridized carbons (Fsp3) is 0.111. The van der Waals surface area contributed by atoms with E-state index in [1.807, 2.05) is 0 Å². The summed E-state index contributed by atoms with van der Waals surface area (Å²) in [4.78, 5) is 0. The van der Waals surface area contributed by atoms with Crippen LogP contribution in [0.1, 0.15) is 6.42 Å². The third kappa shape index (κ3) is 13.4. The van der Waals surface area contributed by atoms with Crippen molar-refractivity contribution in [1.82, 2.24) is 0 Å². The van der Waals surface area contributed by atoms with Gasteiger partial charge in [-0.1, -0.05) is 121 Å². The Hall–Kier alpha value is -1.24. The maximum absolute atomic E-state index is 11.2. The predicted molar refractivity (Wildman–Crippen MR) is 145 cm³/mol. The molecule has 4 aromatic carbocycles. The molecule has 4 rings (SSSR count). The van der Waals surface area contributed by atoms with E-state index < -0.39 is 19.5 Å². The van der Waals surface area contributed by atoms with E-state index in [9.17, 15) is 16.9 Å². The van der Waals surface area contributed by atoms with Crippen LogP contribution in [0.15, 0.2) is 121 Å². The molecule has 0 saturated carbocycles. The first-order chi connectivity index (χ1) is 16.9. The summed E-state index contributed by atoms with van der Waals surface area (Å²) < 4.78 is 59.6. The minimum Gasteiger partial charge on any atom is -0.0622 e. The summed E-state index contributed by atoms with van der Waals surface area (Å²) >= 11 is -11.2. The largest absolute Gasteiger partial charge is 0.0622 e. The van der Waals surface area contributed by atoms with Gasteiger partial charge in [0.2, 0.25) is 0 Å². The van der Waals surface area contributed by atoms with Gasteiger partial charge < -0.3 is 0 Å². The van der Waals surface area contributed by atoms with Gasteiger partial charge in [-0.25, -0.2) is 0 Å². The average Bonchev–Trinajstić information content (AvgIpc) is 2.84. The Morgan fingerprint density at radius 1 is 0.405 bits per heavy atom. The van der Waals surface area contributed by atoms with E-state index in [0.29, 0.717) is 0 Å². The number of benzene rings is 4. The Labute approximate surface area is 231 Å². The topological polar surface area (TPSA) is 0 Å². The zero-order valence-corrected chi connectivity index (χ0v) is 25.6. The van der Waals surface area contributed by atoms with Crippen molar-refractivity contribution in [1.29, 1.82) is 0 Å². The zero-order chi connectivity index (χ0) is 26.1. The second-order valence-corrected chi connectivity index (χ2v) is 18.1. The SMILES string of the molecule is [F][Sb-]([F])([F])([F])([F])[F].[Rh].c1ccc(P(CCCP(c2ccccc2)c2ccccc2)c2ccccc2)cc1. The molecule has 0 fully saturated rings. The second-order valence-electron chi connectivity index (χ2n) is 7.96. The van der Waals surface area contributed by atoms with Gasteiger partial charge in [-0.3, -0.25) is 0 Å². The molecule has 0 heterocycles. The van der Waals surface area contributed by atoms with Crippen molar-refractivity contribution in [2.75, 3.05) is 12.3 Å². The quantitative estimate of drug-likeness (QED) is 0.0982. The molecule has 0 aliphatic heterocycles. The van der Waals surface area contributed by atoms with Gasteiger partial charge in [-0.2, -0.15) is 0 Å². The molecule has 1 radical (unpaired) electrons. The first-order valence-electron chi connectivity index (χ1n) is 11.2. The van der Waals surface area contributed by atoms with Crippen LogP contribution in [-0.4, -0.2) is 31.8 Å². The molecule has 0 amide bonds. The van der Waals surface area contributed by atoms with Crippen LogP contribution in [0.4, 0.5) is 16.9 Å². The molecule has 0 aliphatic carbocycles. The summed E-state index contributed by atoms with van der Waals surface area (Å²) in [7, 11) is -0.618. The summed E-state index contributed by atoms with van der Waals surface area (Å²) in [5.41, 5.74) is 0. The third-order valence-corrected chi connectivity index (χ3v) is 10.2. The van der Waals surface area contributed by atoms with E-state index in [0.717, 1.165) is 0 Å². The minimum absolute atomic E-state index is 0. The first-order valence-corrected chi connectivity index (χ1v) is 20.0. The van der Waals surface area contributed by atoms with E-state index >= 15 is 0 Å². The molecule has 0 aromatic heterocycles. The van der Waals surface area contributed by atoms with Crippen molar-refractivity contribution >= 4 is 56.5 Å². The molecule has 201 valence electrons. The van der Waals surface area contributed by atoms with Crippen molar-refractivity contribution in [3.63, 3.8) is 0 Å².